The Labute approximate surface area is 121 Å². The Morgan fingerprint density at radius 3 is 2.90 bits per heavy atom. The van der Waals surface area contributed by atoms with E-state index in [0.29, 0.717) is 17.7 Å². The van der Waals surface area contributed by atoms with Crippen LogP contribution in [0, 0.1) is 6.92 Å². The van der Waals surface area contributed by atoms with Gasteiger partial charge in [0.2, 0.25) is 0 Å². The minimum Gasteiger partial charge on any atom is -0.508 e. The average molecular weight is 271 g/mol. The predicted octanol–water partition coefficient (Wildman–Crippen LogP) is 4.34. The summed E-state index contributed by atoms with van der Waals surface area (Å²) >= 11 is 0. The first-order chi connectivity index (χ1) is 9.66. The van der Waals surface area contributed by atoms with E-state index in [9.17, 15) is 5.11 Å². The lowest BCUT2D eigenvalue weighted by molar-refractivity contribution is 0.446. The van der Waals surface area contributed by atoms with Crippen molar-refractivity contribution in [3.05, 3.63) is 40.5 Å². The van der Waals surface area contributed by atoms with Crippen molar-refractivity contribution in [2.24, 2.45) is 0 Å². The highest BCUT2D eigenvalue weighted by molar-refractivity contribution is 5.50. The Morgan fingerprint density at radius 1 is 1.30 bits per heavy atom. The van der Waals surface area contributed by atoms with Crippen molar-refractivity contribution >= 4 is 0 Å². The van der Waals surface area contributed by atoms with Crippen LogP contribution < -0.4 is 5.32 Å². The number of aromatic hydroxyl groups is 1. The van der Waals surface area contributed by atoms with Crippen LogP contribution in [-0.4, -0.2) is 11.7 Å². The Balaban J connectivity index is 1.69. The fourth-order valence-corrected chi connectivity index (χ4v) is 3.90. The van der Waals surface area contributed by atoms with Crippen molar-refractivity contribution in [3.8, 4) is 5.75 Å². The molecule has 2 N–H and O–H groups in total. The van der Waals surface area contributed by atoms with E-state index < -0.39 is 0 Å². The third kappa shape index (κ3) is 2.49. The number of fused-ring (bicyclic) bond motifs is 1. The second-order valence-electron chi connectivity index (χ2n) is 6.38. The molecule has 3 rings (SSSR count). The van der Waals surface area contributed by atoms with Crippen LogP contribution in [0.25, 0.3) is 0 Å². The van der Waals surface area contributed by atoms with Crippen molar-refractivity contribution in [3.63, 3.8) is 0 Å². The maximum absolute atomic E-state index is 10.2. The van der Waals surface area contributed by atoms with Gasteiger partial charge in [-0.15, -0.1) is 0 Å². The van der Waals surface area contributed by atoms with E-state index >= 15 is 0 Å². The minimum atomic E-state index is 0.321. The second kappa shape index (κ2) is 5.61. The molecule has 0 radical (unpaired) electrons. The molecular weight excluding hydrogens is 246 g/mol. The topological polar surface area (TPSA) is 32.3 Å². The lowest BCUT2D eigenvalue weighted by atomic mass is 9.97. The van der Waals surface area contributed by atoms with Crippen molar-refractivity contribution in [2.45, 2.75) is 57.9 Å². The highest BCUT2D eigenvalue weighted by atomic mass is 16.3. The molecule has 0 saturated heterocycles. The van der Waals surface area contributed by atoms with Gasteiger partial charge in [0.05, 0.1) is 0 Å². The molecule has 2 atom stereocenters. The van der Waals surface area contributed by atoms with Gasteiger partial charge in [0, 0.05) is 11.6 Å². The van der Waals surface area contributed by atoms with Gasteiger partial charge in [-0.1, -0.05) is 24.6 Å². The van der Waals surface area contributed by atoms with Gasteiger partial charge < -0.3 is 10.4 Å². The van der Waals surface area contributed by atoms with Crippen LogP contribution in [0.15, 0.2) is 23.8 Å². The zero-order valence-corrected chi connectivity index (χ0v) is 12.6. The molecule has 0 bridgehead atoms. The molecular formula is C18H25NO. The van der Waals surface area contributed by atoms with Gasteiger partial charge >= 0.3 is 0 Å². The Kier molecular flexibility index (Phi) is 3.84. The molecule has 2 unspecified atom stereocenters. The van der Waals surface area contributed by atoms with E-state index in [1.807, 2.05) is 12.1 Å². The molecule has 0 spiro atoms. The zero-order valence-electron chi connectivity index (χ0n) is 12.6. The molecule has 0 aliphatic heterocycles. The summed E-state index contributed by atoms with van der Waals surface area (Å²) in [6, 6.07) is 4.21. The first kappa shape index (κ1) is 13.7. The van der Waals surface area contributed by atoms with Crippen LogP contribution in [0.4, 0.5) is 0 Å². The van der Waals surface area contributed by atoms with Crippen molar-refractivity contribution < 1.29 is 5.11 Å². The van der Waals surface area contributed by atoms with E-state index in [4.69, 9.17) is 0 Å². The molecule has 0 fully saturated rings. The number of phenols is 1. The average Bonchev–Trinajstić information content (AvgIpc) is 3.03. The summed E-state index contributed by atoms with van der Waals surface area (Å²) in [4.78, 5) is 0. The molecule has 1 aromatic rings. The molecule has 108 valence electrons. The van der Waals surface area contributed by atoms with E-state index in [2.05, 4.69) is 25.2 Å². The largest absolute Gasteiger partial charge is 0.508 e. The number of benzene rings is 1. The fraction of sp³-hybridized carbons (Fsp3) is 0.556. The van der Waals surface area contributed by atoms with E-state index in [1.54, 1.807) is 5.57 Å². The highest BCUT2D eigenvalue weighted by Gasteiger charge is 2.31. The molecule has 2 aliphatic rings. The first-order valence-electron chi connectivity index (χ1n) is 7.90. The maximum atomic E-state index is 10.2. The second-order valence-corrected chi connectivity index (χ2v) is 6.38. The standard InChI is InChI=1S/C18H25NO/c1-12-7-8-16(20)18-15(11-13(2)17(12)18)19-10-9-14-5-3-4-6-14/h5,7-8,13,15,19-20H,3-4,6,9-11H2,1-2H3. The third-order valence-corrected chi connectivity index (χ3v) is 4.88. The zero-order chi connectivity index (χ0) is 14.1. The summed E-state index contributed by atoms with van der Waals surface area (Å²) in [5.41, 5.74) is 5.44. The van der Waals surface area contributed by atoms with Crippen LogP contribution in [0.1, 0.15) is 67.7 Å². The molecule has 2 heteroatoms. The van der Waals surface area contributed by atoms with Gasteiger partial charge in [0.1, 0.15) is 5.75 Å². The number of phenolic OH excluding ortho intramolecular Hbond substituents is 1. The van der Waals surface area contributed by atoms with Crippen LogP contribution in [0.2, 0.25) is 0 Å². The lowest BCUT2D eigenvalue weighted by Gasteiger charge is -2.16. The van der Waals surface area contributed by atoms with Crippen molar-refractivity contribution in [1.29, 1.82) is 0 Å². The Hall–Kier alpha value is -1.28. The lowest BCUT2D eigenvalue weighted by Crippen LogP contribution is -2.21. The Bertz CT molecular complexity index is 532. The summed E-state index contributed by atoms with van der Waals surface area (Å²) in [7, 11) is 0. The summed E-state index contributed by atoms with van der Waals surface area (Å²) < 4.78 is 0. The van der Waals surface area contributed by atoms with Gasteiger partial charge in [0.25, 0.3) is 0 Å². The van der Waals surface area contributed by atoms with Gasteiger partial charge in [0.15, 0.2) is 0 Å². The predicted molar refractivity (Wildman–Crippen MR) is 83.2 cm³/mol. The van der Waals surface area contributed by atoms with E-state index in [0.717, 1.165) is 24.9 Å². The quantitative estimate of drug-likeness (QED) is 0.798. The molecule has 20 heavy (non-hydrogen) atoms. The summed E-state index contributed by atoms with van der Waals surface area (Å²) in [6.45, 7) is 5.45. The van der Waals surface area contributed by atoms with Crippen molar-refractivity contribution in [1.82, 2.24) is 5.32 Å². The highest BCUT2D eigenvalue weighted by Crippen LogP contribution is 2.45. The van der Waals surface area contributed by atoms with E-state index in [1.165, 1.54) is 30.4 Å². The minimum absolute atomic E-state index is 0.321. The molecule has 2 aliphatic carbocycles. The van der Waals surface area contributed by atoms with Crippen molar-refractivity contribution in [2.75, 3.05) is 6.54 Å². The SMILES string of the molecule is Cc1ccc(O)c2c1C(C)CC2NCCC1=CCCC1. The fourth-order valence-electron chi connectivity index (χ4n) is 3.90. The number of aryl methyl sites for hydroxylation is 1. The monoisotopic (exact) mass is 271 g/mol. The van der Waals surface area contributed by atoms with Gasteiger partial charge in [-0.25, -0.2) is 0 Å². The van der Waals surface area contributed by atoms with Gasteiger partial charge in [-0.05, 0) is 68.7 Å². The number of hydrogen-bond donors (Lipinski definition) is 2. The number of nitrogens with one attached hydrogen (secondary N) is 1. The molecule has 0 amide bonds. The van der Waals surface area contributed by atoms with Gasteiger partial charge in [-0.2, -0.15) is 0 Å². The molecule has 0 aromatic heterocycles. The van der Waals surface area contributed by atoms with Crippen LogP contribution in [0.5, 0.6) is 5.75 Å². The van der Waals surface area contributed by atoms with Gasteiger partial charge in [-0.3, -0.25) is 0 Å². The molecule has 0 heterocycles. The molecule has 0 saturated carbocycles. The summed E-state index contributed by atoms with van der Waals surface area (Å²) in [6.07, 6.45) is 8.54. The number of rotatable bonds is 4. The summed E-state index contributed by atoms with van der Waals surface area (Å²) in [5, 5.41) is 13.9. The van der Waals surface area contributed by atoms with E-state index in [-0.39, 0.29) is 0 Å². The first-order valence-corrected chi connectivity index (χ1v) is 7.90. The summed E-state index contributed by atoms with van der Waals surface area (Å²) in [5.74, 6) is 1.01. The van der Waals surface area contributed by atoms with Crippen LogP contribution in [-0.2, 0) is 0 Å². The Morgan fingerprint density at radius 2 is 2.15 bits per heavy atom. The van der Waals surface area contributed by atoms with Crippen LogP contribution in [0.3, 0.4) is 0 Å². The van der Waals surface area contributed by atoms with Crippen LogP contribution >= 0.6 is 0 Å². The number of allylic oxidation sites excluding steroid dienone is 1. The number of hydrogen-bond acceptors (Lipinski definition) is 2. The maximum Gasteiger partial charge on any atom is 0.120 e. The molecule has 1 aromatic carbocycles. The third-order valence-electron chi connectivity index (χ3n) is 4.88. The normalized spacial score (nSPS) is 24.8. The molecule has 2 nitrogen and oxygen atoms in total. The smallest absolute Gasteiger partial charge is 0.120 e.